The second-order valence-electron chi connectivity index (χ2n) is 3.27. The van der Waals surface area contributed by atoms with Gasteiger partial charge in [-0.05, 0) is 13.5 Å². The fourth-order valence-electron chi connectivity index (χ4n) is 1.15. The van der Waals surface area contributed by atoms with Gasteiger partial charge in [0.2, 0.25) is 0 Å². The van der Waals surface area contributed by atoms with Gasteiger partial charge in [0.1, 0.15) is 5.41 Å². The molecular weight excluding hydrogens is 170 g/mol. The highest BCUT2D eigenvalue weighted by atomic mass is 16.5. The summed E-state index contributed by atoms with van der Waals surface area (Å²) in [5.41, 5.74) is -0.584. The first-order valence-corrected chi connectivity index (χ1v) is 4.38. The molecule has 0 heterocycles. The highest BCUT2D eigenvalue weighted by Crippen LogP contribution is 2.17. The lowest BCUT2D eigenvalue weighted by Crippen LogP contribution is -2.42. The summed E-state index contributed by atoms with van der Waals surface area (Å²) in [6, 6.07) is 0. The van der Waals surface area contributed by atoms with Gasteiger partial charge in [-0.25, -0.2) is 0 Å². The number of ether oxygens (including phenoxy) is 2. The Hall–Kier alpha value is -0.610. The minimum Gasteiger partial charge on any atom is -0.468 e. The Labute approximate surface area is 79.6 Å². The van der Waals surface area contributed by atoms with Crippen LogP contribution in [0.15, 0.2) is 0 Å². The smallest absolute Gasteiger partial charge is 0.315 e. The van der Waals surface area contributed by atoms with Gasteiger partial charge in [0.15, 0.2) is 0 Å². The summed E-state index contributed by atoms with van der Waals surface area (Å²) in [5.74, 6) is -0.240. The summed E-state index contributed by atoms with van der Waals surface area (Å²) >= 11 is 0. The van der Waals surface area contributed by atoms with Crippen LogP contribution in [-0.2, 0) is 14.3 Å². The number of nitrogens with one attached hydrogen (secondary N) is 1. The molecule has 0 radical (unpaired) electrons. The maximum absolute atomic E-state index is 11.4. The molecule has 0 unspecified atom stereocenters. The van der Waals surface area contributed by atoms with Crippen LogP contribution in [0, 0.1) is 5.41 Å². The van der Waals surface area contributed by atoms with E-state index in [9.17, 15) is 4.79 Å². The molecular formula is C9H19NO3. The van der Waals surface area contributed by atoms with Crippen LogP contribution in [0.5, 0.6) is 0 Å². The zero-order chi connectivity index (χ0) is 10.3. The van der Waals surface area contributed by atoms with Crippen LogP contribution >= 0.6 is 0 Å². The monoisotopic (exact) mass is 189 g/mol. The minimum absolute atomic E-state index is 0.240. The van der Waals surface area contributed by atoms with Crippen molar-refractivity contribution in [3.05, 3.63) is 0 Å². The Morgan fingerprint density at radius 2 is 2.08 bits per heavy atom. The lowest BCUT2D eigenvalue weighted by atomic mass is 9.92. The standard InChI is InChI=1S/C9H19NO3/c1-5-10-6-9(2,7-12-3)8(11)13-4/h10H,5-7H2,1-4H3/t9-/m1/s1. The highest BCUT2D eigenvalue weighted by Gasteiger charge is 2.33. The van der Waals surface area contributed by atoms with Crippen molar-refractivity contribution in [3.63, 3.8) is 0 Å². The lowest BCUT2D eigenvalue weighted by Gasteiger charge is -2.25. The summed E-state index contributed by atoms with van der Waals surface area (Å²) in [5, 5.41) is 3.11. The van der Waals surface area contributed by atoms with E-state index in [0.29, 0.717) is 13.2 Å². The molecule has 0 aromatic carbocycles. The maximum atomic E-state index is 11.4. The van der Waals surface area contributed by atoms with Gasteiger partial charge in [-0.3, -0.25) is 4.79 Å². The van der Waals surface area contributed by atoms with E-state index < -0.39 is 5.41 Å². The topological polar surface area (TPSA) is 47.6 Å². The number of hydrogen-bond donors (Lipinski definition) is 1. The van der Waals surface area contributed by atoms with Crippen molar-refractivity contribution < 1.29 is 14.3 Å². The van der Waals surface area contributed by atoms with Crippen LogP contribution in [0.25, 0.3) is 0 Å². The van der Waals surface area contributed by atoms with Gasteiger partial charge in [-0.2, -0.15) is 0 Å². The Balaban J connectivity index is 4.23. The van der Waals surface area contributed by atoms with Crippen LogP contribution in [0.3, 0.4) is 0 Å². The Morgan fingerprint density at radius 1 is 1.46 bits per heavy atom. The van der Waals surface area contributed by atoms with E-state index in [2.05, 4.69) is 5.32 Å². The first-order chi connectivity index (χ1) is 6.10. The second kappa shape index (κ2) is 5.94. The summed E-state index contributed by atoms with van der Waals surface area (Å²) in [4.78, 5) is 11.4. The lowest BCUT2D eigenvalue weighted by molar-refractivity contribution is -0.154. The molecule has 0 bridgehead atoms. The van der Waals surface area contributed by atoms with Crippen LogP contribution in [0.4, 0.5) is 0 Å². The summed E-state index contributed by atoms with van der Waals surface area (Å²) < 4.78 is 9.69. The van der Waals surface area contributed by atoms with Crippen molar-refractivity contribution >= 4 is 5.97 Å². The number of rotatable bonds is 6. The molecule has 1 atom stereocenters. The molecule has 0 fully saturated rings. The molecule has 4 nitrogen and oxygen atoms in total. The van der Waals surface area contributed by atoms with Crippen LogP contribution in [-0.4, -0.2) is 39.9 Å². The molecule has 13 heavy (non-hydrogen) atoms. The second-order valence-corrected chi connectivity index (χ2v) is 3.27. The Morgan fingerprint density at radius 3 is 2.46 bits per heavy atom. The molecule has 0 saturated heterocycles. The number of esters is 1. The fourth-order valence-corrected chi connectivity index (χ4v) is 1.15. The van der Waals surface area contributed by atoms with Gasteiger partial charge in [-0.15, -0.1) is 0 Å². The minimum atomic E-state index is -0.584. The van der Waals surface area contributed by atoms with E-state index in [-0.39, 0.29) is 5.97 Å². The molecule has 0 aromatic heterocycles. The summed E-state index contributed by atoms with van der Waals surface area (Å²) in [7, 11) is 2.97. The van der Waals surface area contributed by atoms with Crippen LogP contribution in [0.2, 0.25) is 0 Å². The summed E-state index contributed by atoms with van der Waals surface area (Å²) in [6.07, 6.45) is 0. The van der Waals surface area contributed by atoms with Crippen LogP contribution < -0.4 is 5.32 Å². The third-order valence-electron chi connectivity index (χ3n) is 1.91. The molecule has 0 aliphatic heterocycles. The number of hydrogen-bond acceptors (Lipinski definition) is 4. The average Bonchev–Trinajstić information content (AvgIpc) is 2.14. The van der Waals surface area contributed by atoms with E-state index in [1.54, 1.807) is 7.11 Å². The molecule has 0 aliphatic carbocycles. The number of carbonyl (C=O) groups is 1. The van der Waals surface area contributed by atoms with Gasteiger partial charge < -0.3 is 14.8 Å². The normalized spacial score (nSPS) is 15.1. The van der Waals surface area contributed by atoms with Gasteiger partial charge in [0.25, 0.3) is 0 Å². The first-order valence-electron chi connectivity index (χ1n) is 4.38. The van der Waals surface area contributed by atoms with Gasteiger partial charge in [0, 0.05) is 13.7 Å². The fraction of sp³-hybridized carbons (Fsp3) is 0.889. The van der Waals surface area contributed by atoms with Crippen molar-refractivity contribution in [2.24, 2.45) is 5.41 Å². The third kappa shape index (κ3) is 3.74. The third-order valence-corrected chi connectivity index (χ3v) is 1.91. The van der Waals surface area contributed by atoms with Crippen molar-refractivity contribution in [3.8, 4) is 0 Å². The zero-order valence-corrected chi connectivity index (χ0v) is 8.85. The van der Waals surface area contributed by atoms with Crippen molar-refractivity contribution in [2.75, 3.05) is 33.9 Å². The molecule has 0 aliphatic rings. The SMILES string of the molecule is CCNC[C@](C)(COC)C(=O)OC. The molecule has 0 saturated carbocycles. The van der Waals surface area contributed by atoms with E-state index in [0.717, 1.165) is 6.54 Å². The highest BCUT2D eigenvalue weighted by molar-refractivity contribution is 5.76. The maximum Gasteiger partial charge on any atom is 0.315 e. The Kier molecular flexibility index (Phi) is 5.66. The molecule has 0 spiro atoms. The van der Waals surface area contributed by atoms with Gasteiger partial charge in [0.05, 0.1) is 13.7 Å². The molecule has 0 amide bonds. The van der Waals surface area contributed by atoms with Crippen molar-refractivity contribution in [1.82, 2.24) is 5.32 Å². The van der Waals surface area contributed by atoms with Gasteiger partial charge in [-0.1, -0.05) is 6.92 Å². The van der Waals surface area contributed by atoms with Crippen LogP contribution in [0.1, 0.15) is 13.8 Å². The van der Waals surface area contributed by atoms with Crippen molar-refractivity contribution in [2.45, 2.75) is 13.8 Å². The Bertz CT molecular complexity index is 161. The molecule has 1 N–H and O–H groups in total. The number of methoxy groups -OCH3 is 2. The van der Waals surface area contributed by atoms with E-state index in [1.807, 2.05) is 13.8 Å². The zero-order valence-electron chi connectivity index (χ0n) is 8.85. The first kappa shape index (κ1) is 12.4. The van der Waals surface area contributed by atoms with E-state index >= 15 is 0 Å². The average molecular weight is 189 g/mol. The van der Waals surface area contributed by atoms with E-state index in [4.69, 9.17) is 9.47 Å². The molecule has 4 heteroatoms. The van der Waals surface area contributed by atoms with E-state index in [1.165, 1.54) is 7.11 Å². The largest absolute Gasteiger partial charge is 0.468 e. The molecule has 0 rings (SSSR count). The predicted octanol–water partition coefficient (Wildman–Crippen LogP) is 0.422. The van der Waals surface area contributed by atoms with Gasteiger partial charge >= 0.3 is 5.97 Å². The molecule has 0 aromatic rings. The predicted molar refractivity (Wildman–Crippen MR) is 50.5 cm³/mol. The quantitative estimate of drug-likeness (QED) is 0.615. The molecule has 78 valence electrons. The van der Waals surface area contributed by atoms with Crippen molar-refractivity contribution in [1.29, 1.82) is 0 Å². The summed E-state index contributed by atoms with van der Waals surface area (Å²) in [6.45, 7) is 5.59. The number of carbonyl (C=O) groups excluding carboxylic acids is 1.